The van der Waals surface area contributed by atoms with E-state index in [2.05, 4.69) is 22.3 Å². The van der Waals surface area contributed by atoms with Crippen LogP contribution in [-0.4, -0.2) is 43.3 Å². The monoisotopic (exact) mass is 352 g/mol. The van der Waals surface area contributed by atoms with E-state index >= 15 is 0 Å². The predicted molar refractivity (Wildman–Crippen MR) is 100 cm³/mol. The highest BCUT2D eigenvalue weighted by atomic mass is 16.5. The molecule has 0 saturated carbocycles. The molecule has 2 aromatic rings. The van der Waals surface area contributed by atoms with Crippen LogP contribution in [0.2, 0.25) is 0 Å². The summed E-state index contributed by atoms with van der Waals surface area (Å²) < 4.78 is 5.50. The average Bonchev–Trinajstić information content (AvgIpc) is 3.22. The summed E-state index contributed by atoms with van der Waals surface area (Å²) in [5.74, 6) is 0.239. The van der Waals surface area contributed by atoms with E-state index in [4.69, 9.17) is 4.74 Å². The van der Waals surface area contributed by atoms with E-state index in [-0.39, 0.29) is 18.6 Å². The van der Waals surface area contributed by atoms with E-state index < -0.39 is 0 Å². The van der Waals surface area contributed by atoms with Gasteiger partial charge in [-0.05, 0) is 43.6 Å². The van der Waals surface area contributed by atoms with Crippen molar-refractivity contribution in [1.29, 1.82) is 0 Å². The number of nitrogens with zero attached hydrogens (tertiary/aromatic N) is 1. The zero-order valence-electron chi connectivity index (χ0n) is 14.8. The standard InChI is InChI=1S/C21H24N2O3/c24-15-18-10-4-5-11-20(18)26-16-21(25)22-14-19(23-12-6-7-13-23)17-8-2-1-3-9-17/h1-5,8-11,15,19H,6-7,12-14,16H2,(H,22,25). The fourth-order valence-corrected chi connectivity index (χ4v) is 3.30. The molecule has 1 amide bonds. The molecule has 26 heavy (non-hydrogen) atoms. The predicted octanol–water partition coefficient (Wildman–Crippen LogP) is 2.83. The molecule has 1 N–H and O–H groups in total. The van der Waals surface area contributed by atoms with Gasteiger partial charge >= 0.3 is 0 Å². The van der Waals surface area contributed by atoms with Crippen molar-refractivity contribution in [2.24, 2.45) is 0 Å². The minimum absolute atomic E-state index is 0.105. The zero-order chi connectivity index (χ0) is 18.2. The van der Waals surface area contributed by atoms with E-state index in [1.165, 1.54) is 18.4 Å². The Morgan fingerprint density at radius 2 is 1.77 bits per heavy atom. The number of para-hydroxylation sites is 1. The summed E-state index contributed by atoms with van der Waals surface area (Å²) in [6, 6.07) is 17.3. The minimum Gasteiger partial charge on any atom is -0.483 e. The van der Waals surface area contributed by atoms with Crippen LogP contribution in [0.15, 0.2) is 54.6 Å². The van der Waals surface area contributed by atoms with Gasteiger partial charge in [0.05, 0.1) is 11.6 Å². The van der Waals surface area contributed by atoms with Gasteiger partial charge in [-0.2, -0.15) is 0 Å². The van der Waals surface area contributed by atoms with Gasteiger partial charge in [0.2, 0.25) is 0 Å². The number of amides is 1. The molecule has 3 rings (SSSR count). The van der Waals surface area contributed by atoms with E-state index in [0.29, 0.717) is 17.9 Å². The molecule has 1 unspecified atom stereocenters. The van der Waals surface area contributed by atoms with Gasteiger partial charge in [-0.15, -0.1) is 0 Å². The second-order valence-corrected chi connectivity index (χ2v) is 6.42. The number of likely N-dealkylation sites (tertiary alicyclic amines) is 1. The van der Waals surface area contributed by atoms with Crippen LogP contribution >= 0.6 is 0 Å². The molecular weight excluding hydrogens is 328 g/mol. The third kappa shape index (κ3) is 4.70. The second-order valence-electron chi connectivity index (χ2n) is 6.42. The summed E-state index contributed by atoms with van der Waals surface area (Å²) in [4.78, 5) is 25.6. The van der Waals surface area contributed by atoms with Gasteiger partial charge in [0, 0.05) is 6.54 Å². The van der Waals surface area contributed by atoms with Crippen LogP contribution in [0, 0.1) is 0 Å². The lowest BCUT2D eigenvalue weighted by molar-refractivity contribution is -0.123. The normalized spacial score (nSPS) is 15.4. The molecular formula is C21H24N2O3. The summed E-state index contributed by atoms with van der Waals surface area (Å²) in [7, 11) is 0. The molecule has 0 spiro atoms. The van der Waals surface area contributed by atoms with Crippen molar-refractivity contribution in [3.8, 4) is 5.75 Å². The van der Waals surface area contributed by atoms with Gasteiger partial charge in [-0.1, -0.05) is 42.5 Å². The SMILES string of the molecule is O=Cc1ccccc1OCC(=O)NCC(c1ccccc1)N1CCCC1. The molecule has 0 bridgehead atoms. The summed E-state index contributed by atoms with van der Waals surface area (Å²) in [6.07, 6.45) is 3.12. The van der Waals surface area contributed by atoms with Crippen LogP contribution in [0.5, 0.6) is 5.75 Å². The van der Waals surface area contributed by atoms with E-state index in [9.17, 15) is 9.59 Å². The van der Waals surface area contributed by atoms with Gasteiger partial charge in [-0.3, -0.25) is 14.5 Å². The van der Waals surface area contributed by atoms with Crippen molar-refractivity contribution in [3.63, 3.8) is 0 Å². The van der Waals surface area contributed by atoms with Crippen molar-refractivity contribution < 1.29 is 14.3 Å². The fourth-order valence-electron chi connectivity index (χ4n) is 3.30. The van der Waals surface area contributed by atoms with Crippen molar-refractivity contribution >= 4 is 12.2 Å². The Labute approximate surface area is 154 Å². The van der Waals surface area contributed by atoms with Crippen LogP contribution in [0.1, 0.15) is 34.8 Å². The number of nitrogens with one attached hydrogen (secondary N) is 1. The van der Waals surface area contributed by atoms with Crippen LogP contribution < -0.4 is 10.1 Å². The lowest BCUT2D eigenvalue weighted by Crippen LogP contribution is -2.38. The first kappa shape index (κ1) is 18.1. The van der Waals surface area contributed by atoms with Gasteiger partial charge < -0.3 is 10.1 Å². The molecule has 1 saturated heterocycles. The van der Waals surface area contributed by atoms with Crippen LogP contribution in [0.25, 0.3) is 0 Å². The number of rotatable bonds is 8. The van der Waals surface area contributed by atoms with Crippen molar-refractivity contribution in [2.75, 3.05) is 26.2 Å². The molecule has 0 aliphatic carbocycles. The molecule has 136 valence electrons. The van der Waals surface area contributed by atoms with Crippen molar-refractivity contribution in [2.45, 2.75) is 18.9 Å². The first-order chi connectivity index (χ1) is 12.8. The smallest absolute Gasteiger partial charge is 0.258 e. The van der Waals surface area contributed by atoms with Crippen LogP contribution in [0.3, 0.4) is 0 Å². The second kappa shape index (κ2) is 9.15. The number of carbonyl (C=O) groups is 2. The number of ether oxygens (including phenoxy) is 1. The Bertz CT molecular complexity index is 727. The molecule has 2 aromatic carbocycles. The van der Waals surface area contributed by atoms with E-state index in [1.54, 1.807) is 24.3 Å². The third-order valence-corrected chi connectivity index (χ3v) is 4.66. The van der Waals surface area contributed by atoms with Gasteiger partial charge in [0.25, 0.3) is 5.91 Å². The Morgan fingerprint density at radius 1 is 1.08 bits per heavy atom. The number of carbonyl (C=O) groups excluding carboxylic acids is 2. The maximum Gasteiger partial charge on any atom is 0.258 e. The number of hydrogen-bond donors (Lipinski definition) is 1. The highest BCUT2D eigenvalue weighted by Gasteiger charge is 2.23. The van der Waals surface area contributed by atoms with Gasteiger partial charge in [-0.25, -0.2) is 0 Å². The maximum atomic E-state index is 12.2. The average molecular weight is 352 g/mol. The number of benzene rings is 2. The Morgan fingerprint density at radius 3 is 2.50 bits per heavy atom. The summed E-state index contributed by atoms with van der Waals surface area (Å²) in [5.41, 5.74) is 1.65. The van der Waals surface area contributed by atoms with Gasteiger partial charge in [0.1, 0.15) is 5.75 Å². The molecule has 1 fully saturated rings. The molecule has 5 nitrogen and oxygen atoms in total. The molecule has 5 heteroatoms. The summed E-state index contributed by atoms with van der Waals surface area (Å²) in [6.45, 7) is 2.55. The molecule has 0 radical (unpaired) electrons. The summed E-state index contributed by atoms with van der Waals surface area (Å²) >= 11 is 0. The Kier molecular flexibility index (Phi) is 6.39. The molecule has 0 aromatic heterocycles. The fraction of sp³-hybridized carbons (Fsp3) is 0.333. The highest BCUT2D eigenvalue weighted by molar-refractivity contribution is 5.80. The van der Waals surface area contributed by atoms with E-state index in [1.807, 2.05) is 18.2 Å². The van der Waals surface area contributed by atoms with Crippen LogP contribution in [-0.2, 0) is 4.79 Å². The van der Waals surface area contributed by atoms with Crippen LogP contribution in [0.4, 0.5) is 0 Å². The van der Waals surface area contributed by atoms with Gasteiger partial charge in [0.15, 0.2) is 12.9 Å². The molecule has 1 aliphatic rings. The minimum atomic E-state index is -0.189. The van der Waals surface area contributed by atoms with Crippen molar-refractivity contribution in [3.05, 3.63) is 65.7 Å². The largest absolute Gasteiger partial charge is 0.483 e. The number of aldehydes is 1. The third-order valence-electron chi connectivity index (χ3n) is 4.66. The zero-order valence-corrected chi connectivity index (χ0v) is 14.8. The first-order valence-electron chi connectivity index (χ1n) is 9.00. The first-order valence-corrected chi connectivity index (χ1v) is 9.00. The Balaban J connectivity index is 1.56. The lowest BCUT2D eigenvalue weighted by atomic mass is 10.1. The Hall–Kier alpha value is -2.66. The quantitative estimate of drug-likeness (QED) is 0.742. The van der Waals surface area contributed by atoms with Crippen molar-refractivity contribution in [1.82, 2.24) is 10.2 Å². The molecule has 1 atom stereocenters. The molecule has 1 aliphatic heterocycles. The summed E-state index contributed by atoms with van der Waals surface area (Å²) in [5, 5.41) is 2.97. The molecule has 1 heterocycles. The highest BCUT2D eigenvalue weighted by Crippen LogP contribution is 2.24. The number of hydrogen-bond acceptors (Lipinski definition) is 4. The lowest BCUT2D eigenvalue weighted by Gasteiger charge is -2.28. The topological polar surface area (TPSA) is 58.6 Å². The maximum absolute atomic E-state index is 12.2. The van der Waals surface area contributed by atoms with E-state index in [0.717, 1.165) is 19.4 Å².